The molecule has 0 unspecified atom stereocenters. The number of benzene rings is 1. The molecule has 36 heavy (non-hydrogen) atoms. The van der Waals surface area contributed by atoms with Crippen LogP contribution in [-0.2, 0) is 32.3 Å². The van der Waals surface area contributed by atoms with Gasteiger partial charge in [-0.05, 0) is 76.3 Å². The fourth-order valence-electron chi connectivity index (χ4n) is 4.01. The second-order valence-corrected chi connectivity index (χ2v) is 9.68. The van der Waals surface area contributed by atoms with Crippen LogP contribution in [0.4, 0.5) is 31.1 Å². The Morgan fingerprint density at radius 3 is 2.03 bits per heavy atom. The van der Waals surface area contributed by atoms with E-state index in [1.54, 1.807) is 27.7 Å². The average Bonchev–Trinajstić information content (AvgIpc) is 3.46. The topological polar surface area (TPSA) is 57.5 Å². The third-order valence-corrected chi connectivity index (χ3v) is 5.83. The zero-order valence-electron chi connectivity index (χ0n) is 20.3. The summed E-state index contributed by atoms with van der Waals surface area (Å²) in [5, 5.41) is 0. The van der Waals surface area contributed by atoms with Gasteiger partial charge in [-0.25, -0.2) is 9.36 Å². The molecule has 0 radical (unpaired) electrons. The molecule has 1 aromatic carbocycles. The molecular weight excluding hydrogens is 492 g/mol. The fourth-order valence-corrected chi connectivity index (χ4v) is 4.01. The minimum Gasteiger partial charge on any atom is -0.466 e. The van der Waals surface area contributed by atoms with Crippen LogP contribution >= 0.6 is 0 Å². The molecule has 1 aliphatic carbocycles. The average molecular weight is 519 g/mol. The third-order valence-electron chi connectivity index (χ3n) is 5.83. The van der Waals surface area contributed by atoms with Crippen molar-refractivity contribution in [1.29, 1.82) is 0 Å². The highest BCUT2D eigenvalue weighted by Crippen LogP contribution is 2.60. The molecule has 0 bridgehead atoms. The Bertz CT molecular complexity index is 1120. The molecule has 198 valence electrons. The van der Waals surface area contributed by atoms with Gasteiger partial charge in [0.05, 0.1) is 17.9 Å². The number of aryl methyl sites for hydroxylation is 1. The maximum Gasteiger partial charge on any atom is 0.419 e. The summed E-state index contributed by atoms with van der Waals surface area (Å²) in [6.45, 7) is 6.34. The molecule has 11 heteroatoms. The number of rotatable bonds is 6. The van der Waals surface area contributed by atoms with Gasteiger partial charge in [0.2, 0.25) is 0 Å². The first-order valence-corrected chi connectivity index (χ1v) is 11.4. The van der Waals surface area contributed by atoms with Crippen molar-refractivity contribution in [1.82, 2.24) is 4.57 Å². The fraction of sp³-hybridized carbons (Fsp3) is 0.520. The van der Waals surface area contributed by atoms with Crippen LogP contribution in [0, 0.1) is 0 Å². The van der Waals surface area contributed by atoms with Crippen LogP contribution in [0.5, 0.6) is 0 Å². The number of halogens is 6. The van der Waals surface area contributed by atoms with Crippen molar-refractivity contribution in [2.75, 3.05) is 6.61 Å². The Kier molecular flexibility index (Phi) is 7.27. The van der Waals surface area contributed by atoms with Crippen LogP contribution in [0.1, 0.15) is 63.8 Å². The van der Waals surface area contributed by atoms with Crippen LogP contribution in [0.2, 0.25) is 0 Å². The van der Waals surface area contributed by atoms with E-state index in [1.165, 1.54) is 6.07 Å². The number of hydrogen-bond acceptors (Lipinski definition) is 4. The molecule has 1 saturated carbocycles. The lowest BCUT2D eigenvalue weighted by molar-refractivity contribution is -0.161. The van der Waals surface area contributed by atoms with Crippen LogP contribution in [-0.4, -0.2) is 35.0 Å². The molecule has 3 rings (SSSR count). The van der Waals surface area contributed by atoms with E-state index in [9.17, 15) is 35.9 Å². The van der Waals surface area contributed by atoms with Crippen molar-refractivity contribution in [3.63, 3.8) is 0 Å². The maximum absolute atomic E-state index is 14.1. The van der Waals surface area contributed by atoms with Crippen LogP contribution < -0.4 is 0 Å². The molecule has 0 atom stereocenters. The number of esters is 1. The highest BCUT2D eigenvalue weighted by atomic mass is 19.4. The van der Waals surface area contributed by atoms with Gasteiger partial charge in [0.15, 0.2) is 0 Å². The highest BCUT2D eigenvalue weighted by Gasteiger charge is 2.66. The molecule has 0 spiro atoms. The molecule has 2 aromatic rings. The number of hydrogen-bond donors (Lipinski definition) is 0. The lowest BCUT2D eigenvalue weighted by Gasteiger charge is -2.25. The number of carbonyl (C=O) groups excluding carboxylic acids is 2. The summed E-state index contributed by atoms with van der Waals surface area (Å²) in [4.78, 5) is 25.2. The summed E-state index contributed by atoms with van der Waals surface area (Å²) in [6.07, 6.45) is -11.2. The van der Waals surface area contributed by atoms with Gasteiger partial charge in [0, 0.05) is 12.1 Å². The summed E-state index contributed by atoms with van der Waals surface area (Å²) in [5.74, 6) is -0.598. The van der Waals surface area contributed by atoms with Crippen LogP contribution in [0.15, 0.2) is 30.3 Å². The molecule has 0 N–H and O–H groups in total. The van der Waals surface area contributed by atoms with Gasteiger partial charge < -0.3 is 9.47 Å². The Labute approximate surface area is 204 Å². The second-order valence-electron chi connectivity index (χ2n) is 9.68. The van der Waals surface area contributed by atoms with Gasteiger partial charge in [0.1, 0.15) is 11.0 Å². The smallest absolute Gasteiger partial charge is 0.419 e. The van der Waals surface area contributed by atoms with Gasteiger partial charge in [0.25, 0.3) is 0 Å². The third kappa shape index (κ3) is 5.70. The van der Waals surface area contributed by atoms with Crippen molar-refractivity contribution in [2.24, 2.45) is 0 Å². The first kappa shape index (κ1) is 27.6. The van der Waals surface area contributed by atoms with E-state index in [4.69, 9.17) is 9.47 Å². The molecule has 0 amide bonds. The van der Waals surface area contributed by atoms with E-state index >= 15 is 0 Å². The van der Waals surface area contributed by atoms with Crippen molar-refractivity contribution in [2.45, 2.75) is 76.7 Å². The van der Waals surface area contributed by atoms with Crippen LogP contribution in [0.3, 0.4) is 0 Å². The van der Waals surface area contributed by atoms with Crippen molar-refractivity contribution in [3.8, 4) is 11.3 Å². The molecule has 1 fully saturated rings. The summed E-state index contributed by atoms with van der Waals surface area (Å²) in [7, 11) is 0. The summed E-state index contributed by atoms with van der Waals surface area (Å²) in [6, 6.07) is 4.95. The molecule has 5 nitrogen and oxygen atoms in total. The zero-order valence-corrected chi connectivity index (χ0v) is 20.3. The summed E-state index contributed by atoms with van der Waals surface area (Å²) >= 11 is 0. The Hall–Kier alpha value is -2.98. The number of nitrogens with zero attached hydrogens (tertiary/aromatic N) is 1. The largest absolute Gasteiger partial charge is 0.466 e. The molecule has 0 aliphatic heterocycles. The monoisotopic (exact) mass is 519 g/mol. The molecule has 1 aliphatic rings. The van der Waals surface area contributed by atoms with Gasteiger partial charge in [-0.2, -0.15) is 26.3 Å². The molecule has 1 aromatic heterocycles. The van der Waals surface area contributed by atoms with Crippen molar-refractivity contribution in [3.05, 3.63) is 47.2 Å². The van der Waals surface area contributed by atoms with E-state index in [1.807, 2.05) is 0 Å². The number of carbonyl (C=O) groups is 2. The second kappa shape index (κ2) is 9.48. The minimum atomic E-state index is -4.68. The molecular formula is C25H27F6NO4. The van der Waals surface area contributed by atoms with Gasteiger partial charge in [-0.1, -0.05) is 12.1 Å². The maximum atomic E-state index is 14.1. The summed E-state index contributed by atoms with van der Waals surface area (Å²) < 4.78 is 92.9. The lowest BCUT2D eigenvalue weighted by atomic mass is 10.00. The van der Waals surface area contributed by atoms with E-state index in [0.717, 1.165) is 28.8 Å². The molecule has 0 saturated heterocycles. The van der Waals surface area contributed by atoms with Gasteiger partial charge >= 0.3 is 24.4 Å². The Morgan fingerprint density at radius 2 is 1.58 bits per heavy atom. The summed E-state index contributed by atoms with van der Waals surface area (Å²) in [5.41, 5.74) is -4.45. The van der Waals surface area contributed by atoms with Crippen molar-refractivity contribution >= 4 is 12.1 Å². The van der Waals surface area contributed by atoms with E-state index in [0.29, 0.717) is 0 Å². The number of alkyl halides is 6. The van der Waals surface area contributed by atoms with E-state index in [-0.39, 0.29) is 54.8 Å². The number of ether oxygens (including phenoxy) is 2. The Morgan fingerprint density at radius 1 is 1.00 bits per heavy atom. The predicted molar refractivity (Wildman–Crippen MR) is 118 cm³/mol. The first-order valence-electron chi connectivity index (χ1n) is 11.4. The van der Waals surface area contributed by atoms with Crippen molar-refractivity contribution < 1.29 is 45.4 Å². The van der Waals surface area contributed by atoms with E-state index < -0.39 is 41.0 Å². The number of aromatic nitrogens is 1. The van der Waals surface area contributed by atoms with Gasteiger partial charge in [-0.3, -0.25) is 4.79 Å². The predicted octanol–water partition coefficient (Wildman–Crippen LogP) is 7.05. The standard InChI is InChI=1S/C25H27F6NO4/c1-5-35-19(33)11-8-16-14-18(23(12-13-23)25(29,30)31)32(21(34)36-22(2,3)4)20(16)15-6-9-17(10-7-15)24(26,27)28/h6-7,9-10,14H,5,8,11-13H2,1-4H3. The Balaban J connectivity index is 2.24. The van der Waals surface area contributed by atoms with Crippen LogP contribution in [0.25, 0.3) is 11.3 Å². The normalized spacial score (nSPS) is 15.5. The quantitative estimate of drug-likeness (QED) is 0.303. The van der Waals surface area contributed by atoms with E-state index in [2.05, 4.69) is 0 Å². The SMILES string of the molecule is CCOC(=O)CCc1cc(C2(C(F)(F)F)CC2)n(C(=O)OC(C)(C)C)c1-c1ccc(C(F)(F)F)cc1. The highest BCUT2D eigenvalue weighted by molar-refractivity contribution is 5.83. The zero-order chi connectivity index (χ0) is 27.1. The molecule has 1 heterocycles. The first-order chi connectivity index (χ1) is 16.5. The minimum absolute atomic E-state index is 0.0483. The lowest BCUT2D eigenvalue weighted by Crippen LogP contribution is -2.35. The van der Waals surface area contributed by atoms with Gasteiger partial charge in [-0.15, -0.1) is 0 Å².